The van der Waals surface area contributed by atoms with Gasteiger partial charge in [0, 0.05) is 18.0 Å². The summed E-state index contributed by atoms with van der Waals surface area (Å²) >= 11 is 1.74. The number of hydrogen-bond donors (Lipinski definition) is 1. The molecule has 4 heteroatoms. The lowest BCUT2D eigenvalue weighted by molar-refractivity contribution is 0.292. The van der Waals surface area contributed by atoms with Crippen LogP contribution in [0.4, 0.5) is 0 Å². The van der Waals surface area contributed by atoms with Crippen LogP contribution in [0.3, 0.4) is 0 Å². The van der Waals surface area contributed by atoms with Gasteiger partial charge < -0.3 is 10.2 Å². The van der Waals surface area contributed by atoms with E-state index in [1.807, 2.05) is 0 Å². The van der Waals surface area contributed by atoms with Crippen LogP contribution < -0.4 is 5.73 Å². The molecule has 0 radical (unpaired) electrons. The van der Waals surface area contributed by atoms with Crippen molar-refractivity contribution >= 4 is 19.7 Å². The van der Waals surface area contributed by atoms with Crippen LogP contribution in [-0.4, -0.2) is 14.9 Å². The first-order valence-electron chi connectivity index (χ1n) is 6.16. The molecule has 0 spiro atoms. The van der Waals surface area contributed by atoms with E-state index in [9.17, 15) is 0 Å². The molecule has 98 valence electrons. The van der Waals surface area contributed by atoms with Crippen molar-refractivity contribution < 1.29 is 4.43 Å². The van der Waals surface area contributed by atoms with E-state index >= 15 is 0 Å². The van der Waals surface area contributed by atoms with Gasteiger partial charge in [-0.3, -0.25) is 0 Å². The maximum atomic E-state index is 6.15. The Balaban J connectivity index is 2.42. The second-order valence-electron chi connectivity index (χ2n) is 5.98. The molecule has 0 aliphatic heterocycles. The molecule has 0 fully saturated rings. The van der Waals surface area contributed by atoms with Crippen LogP contribution in [0.5, 0.6) is 0 Å². The summed E-state index contributed by atoms with van der Waals surface area (Å²) in [6.07, 6.45) is 1.00. The molecule has 1 rings (SSSR count). The van der Waals surface area contributed by atoms with E-state index in [4.69, 9.17) is 10.2 Å². The Morgan fingerprint density at radius 3 is 2.47 bits per heavy atom. The fraction of sp³-hybridized carbons (Fsp3) is 0.692. The van der Waals surface area contributed by atoms with E-state index in [0.29, 0.717) is 11.6 Å². The van der Waals surface area contributed by atoms with Gasteiger partial charge in [0.05, 0.1) is 0 Å². The van der Waals surface area contributed by atoms with Gasteiger partial charge in [-0.2, -0.15) is 0 Å². The van der Waals surface area contributed by atoms with E-state index in [0.717, 1.165) is 13.0 Å². The summed E-state index contributed by atoms with van der Waals surface area (Å²) in [6.45, 7) is 12.9. The summed E-state index contributed by atoms with van der Waals surface area (Å²) in [5, 5.41) is 2.49. The molecule has 2 N–H and O–H groups in total. The minimum atomic E-state index is -1.58. The summed E-state index contributed by atoms with van der Waals surface area (Å²) in [7, 11) is -1.58. The highest BCUT2D eigenvalue weighted by Crippen LogP contribution is 2.36. The van der Waals surface area contributed by atoms with Crippen LogP contribution in [0.2, 0.25) is 18.1 Å². The van der Waals surface area contributed by atoms with E-state index in [1.54, 1.807) is 11.3 Å². The minimum absolute atomic E-state index is 0.296. The molecule has 0 aliphatic carbocycles. The predicted molar refractivity (Wildman–Crippen MR) is 79.1 cm³/mol. The topological polar surface area (TPSA) is 35.2 Å². The van der Waals surface area contributed by atoms with Gasteiger partial charge in [0.1, 0.15) is 0 Å². The Hall–Kier alpha value is -0.163. The van der Waals surface area contributed by atoms with Crippen LogP contribution in [0, 0.1) is 0 Å². The molecular weight excluding hydrogens is 246 g/mol. The van der Waals surface area contributed by atoms with Crippen LogP contribution in [0.1, 0.15) is 31.2 Å². The third-order valence-electron chi connectivity index (χ3n) is 3.57. The Morgan fingerprint density at radius 2 is 2.00 bits per heavy atom. The Kier molecular flexibility index (Phi) is 4.95. The second kappa shape index (κ2) is 5.65. The third-order valence-corrected chi connectivity index (χ3v) is 9.12. The van der Waals surface area contributed by atoms with Crippen LogP contribution in [-0.2, 0) is 17.4 Å². The number of rotatable bonds is 5. The van der Waals surface area contributed by atoms with E-state index < -0.39 is 8.32 Å². The lowest BCUT2D eigenvalue weighted by Crippen LogP contribution is -2.41. The molecule has 0 aromatic carbocycles. The lowest BCUT2D eigenvalue weighted by Gasteiger charge is -2.36. The summed E-state index contributed by atoms with van der Waals surface area (Å²) in [5.74, 6) is 0. The molecule has 0 bridgehead atoms. The fourth-order valence-corrected chi connectivity index (χ4v) is 3.15. The van der Waals surface area contributed by atoms with Crippen molar-refractivity contribution in [3.8, 4) is 0 Å². The van der Waals surface area contributed by atoms with Crippen molar-refractivity contribution in [3.05, 3.63) is 21.9 Å². The summed E-state index contributed by atoms with van der Waals surface area (Å²) in [5.41, 5.74) is 6.96. The van der Waals surface area contributed by atoms with Crippen molar-refractivity contribution in [1.82, 2.24) is 0 Å². The highest BCUT2D eigenvalue weighted by atomic mass is 32.1. The first kappa shape index (κ1) is 14.9. The molecule has 0 saturated carbocycles. The van der Waals surface area contributed by atoms with Crippen molar-refractivity contribution in [2.24, 2.45) is 5.73 Å². The number of hydrogen-bond acceptors (Lipinski definition) is 3. The molecule has 0 atom stereocenters. The summed E-state index contributed by atoms with van der Waals surface area (Å²) in [6, 6.07) is 2.19. The molecule has 1 aromatic heterocycles. The minimum Gasteiger partial charge on any atom is -0.416 e. The normalized spacial score (nSPS) is 13.1. The molecule has 0 saturated heterocycles. The lowest BCUT2D eigenvalue weighted by atomic mass is 10.2. The van der Waals surface area contributed by atoms with Crippen molar-refractivity contribution in [2.75, 3.05) is 6.61 Å². The molecule has 0 unspecified atom stereocenters. The maximum absolute atomic E-state index is 6.15. The van der Waals surface area contributed by atoms with Gasteiger partial charge in [-0.15, -0.1) is 11.3 Å². The van der Waals surface area contributed by atoms with Crippen molar-refractivity contribution in [1.29, 1.82) is 0 Å². The zero-order chi connectivity index (χ0) is 13.1. The van der Waals surface area contributed by atoms with Gasteiger partial charge in [-0.25, -0.2) is 0 Å². The van der Waals surface area contributed by atoms with Gasteiger partial charge >= 0.3 is 0 Å². The second-order valence-corrected chi connectivity index (χ2v) is 11.8. The van der Waals surface area contributed by atoms with E-state index in [2.05, 4.69) is 45.3 Å². The van der Waals surface area contributed by atoms with Crippen molar-refractivity contribution in [2.45, 2.75) is 51.9 Å². The molecule has 0 aliphatic rings. The standard InChI is InChI=1S/C13H25NOSSi/c1-13(2,3)17(4,5)15-7-6-11-8-12(9-14)16-10-11/h8,10H,6-7,9,14H2,1-5H3. The molecule has 0 amide bonds. The quantitative estimate of drug-likeness (QED) is 0.827. The van der Waals surface area contributed by atoms with Crippen molar-refractivity contribution in [3.63, 3.8) is 0 Å². The number of thiophene rings is 1. The SMILES string of the molecule is CC(C)(C)[Si](C)(C)OCCc1csc(CN)c1. The summed E-state index contributed by atoms with van der Waals surface area (Å²) in [4.78, 5) is 1.26. The monoisotopic (exact) mass is 271 g/mol. The smallest absolute Gasteiger partial charge is 0.191 e. The molecule has 2 nitrogen and oxygen atoms in total. The van der Waals surface area contributed by atoms with Crippen LogP contribution in [0.25, 0.3) is 0 Å². The van der Waals surface area contributed by atoms with Gasteiger partial charge in [0.25, 0.3) is 0 Å². The predicted octanol–water partition coefficient (Wildman–Crippen LogP) is 3.77. The average molecular weight is 272 g/mol. The highest BCUT2D eigenvalue weighted by molar-refractivity contribution is 7.10. The zero-order valence-corrected chi connectivity index (χ0v) is 13.5. The van der Waals surface area contributed by atoms with Crippen LogP contribution in [0.15, 0.2) is 11.4 Å². The average Bonchev–Trinajstić information content (AvgIpc) is 2.63. The molecule has 1 aromatic rings. The highest BCUT2D eigenvalue weighted by Gasteiger charge is 2.36. The van der Waals surface area contributed by atoms with Gasteiger partial charge in [-0.1, -0.05) is 20.8 Å². The third kappa shape index (κ3) is 4.21. The van der Waals surface area contributed by atoms with Gasteiger partial charge in [0.15, 0.2) is 8.32 Å². The largest absolute Gasteiger partial charge is 0.416 e. The zero-order valence-electron chi connectivity index (χ0n) is 11.7. The first-order chi connectivity index (χ1) is 7.76. The molecule has 17 heavy (non-hydrogen) atoms. The van der Waals surface area contributed by atoms with E-state index in [-0.39, 0.29) is 0 Å². The number of nitrogens with two attached hydrogens (primary N) is 1. The fourth-order valence-electron chi connectivity index (χ4n) is 1.30. The summed E-state index contributed by atoms with van der Waals surface area (Å²) < 4.78 is 6.15. The maximum Gasteiger partial charge on any atom is 0.191 e. The first-order valence-corrected chi connectivity index (χ1v) is 9.95. The molecular formula is C13H25NOSSi. The van der Waals surface area contributed by atoms with Gasteiger partial charge in [0.2, 0.25) is 0 Å². The molecule has 1 heterocycles. The van der Waals surface area contributed by atoms with Gasteiger partial charge in [-0.05, 0) is 41.6 Å². The Labute approximate surface area is 110 Å². The Bertz CT molecular complexity index is 355. The van der Waals surface area contributed by atoms with E-state index in [1.165, 1.54) is 10.4 Å². The Morgan fingerprint density at radius 1 is 1.35 bits per heavy atom. The van der Waals surface area contributed by atoms with Crippen LogP contribution >= 0.6 is 11.3 Å².